The Bertz CT molecular complexity index is 227. The number of hydrogen-bond acceptors (Lipinski definition) is 3. The first-order valence-corrected chi connectivity index (χ1v) is 5.70. The van der Waals surface area contributed by atoms with Gasteiger partial charge in [0.05, 0.1) is 0 Å². The zero-order chi connectivity index (χ0) is 10.7. The molecule has 0 aromatic rings. The maximum atomic E-state index is 11.6. The van der Waals surface area contributed by atoms with E-state index in [9.17, 15) is 4.79 Å². The minimum atomic E-state index is -0.0102. The molecule has 1 unspecified atom stereocenters. The van der Waals surface area contributed by atoms with Crippen molar-refractivity contribution < 1.29 is 4.79 Å². The summed E-state index contributed by atoms with van der Waals surface area (Å²) in [5.41, 5.74) is 0. The third-order valence-corrected chi connectivity index (χ3v) is 3.12. The summed E-state index contributed by atoms with van der Waals surface area (Å²) in [5, 5.41) is 9.23. The zero-order valence-electron chi connectivity index (χ0n) is 9.25. The second-order valence-corrected chi connectivity index (χ2v) is 4.56. The van der Waals surface area contributed by atoms with Gasteiger partial charge >= 0.3 is 6.03 Å². The Morgan fingerprint density at radius 2 is 2.13 bits per heavy atom. The fraction of sp³-hybridized carbons (Fsp3) is 0.900. The molecule has 0 spiro atoms. The topological polar surface area (TPSA) is 56.4 Å². The summed E-state index contributed by atoms with van der Waals surface area (Å²) in [7, 11) is 2.08. The molecule has 5 nitrogen and oxygen atoms in total. The molecule has 2 fully saturated rings. The lowest BCUT2D eigenvalue weighted by Gasteiger charge is -2.16. The number of carbonyl (C=O) groups is 1. The van der Waals surface area contributed by atoms with Crippen LogP contribution in [-0.4, -0.2) is 56.2 Å². The van der Waals surface area contributed by atoms with Crippen molar-refractivity contribution in [1.82, 2.24) is 20.9 Å². The number of nitrogens with one attached hydrogen (secondary N) is 3. The Kier molecular flexibility index (Phi) is 3.43. The standard InChI is InChI=1S/C10H20N4O/c1-14-5-3-9(7-14)13-10(15)12-8-2-4-11-6-8/h8-9,11H,2-7H2,1H3,(H2,12,13,15)/t8?,9-/m1/s1. The van der Waals surface area contributed by atoms with Crippen LogP contribution in [0.5, 0.6) is 0 Å². The molecule has 2 aliphatic heterocycles. The minimum absolute atomic E-state index is 0.0102. The van der Waals surface area contributed by atoms with Gasteiger partial charge in [-0.3, -0.25) is 0 Å². The largest absolute Gasteiger partial charge is 0.334 e. The van der Waals surface area contributed by atoms with Crippen molar-refractivity contribution in [3.05, 3.63) is 0 Å². The molecular weight excluding hydrogens is 192 g/mol. The second kappa shape index (κ2) is 4.81. The van der Waals surface area contributed by atoms with Crippen molar-refractivity contribution in [2.45, 2.75) is 24.9 Å². The lowest BCUT2D eigenvalue weighted by molar-refractivity contribution is 0.233. The van der Waals surface area contributed by atoms with Crippen LogP contribution in [0.3, 0.4) is 0 Å². The van der Waals surface area contributed by atoms with E-state index >= 15 is 0 Å². The number of amides is 2. The van der Waals surface area contributed by atoms with Gasteiger partial charge in [-0.1, -0.05) is 0 Å². The van der Waals surface area contributed by atoms with Crippen molar-refractivity contribution in [1.29, 1.82) is 0 Å². The van der Waals surface area contributed by atoms with Crippen LogP contribution < -0.4 is 16.0 Å². The summed E-state index contributed by atoms with van der Waals surface area (Å²) in [6.45, 7) is 3.96. The Morgan fingerprint density at radius 3 is 2.73 bits per heavy atom. The third kappa shape index (κ3) is 3.07. The Labute approximate surface area is 90.6 Å². The van der Waals surface area contributed by atoms with Crippen molar-refractivity contribution in [3.63, 3.8) is 0 Å². The lowest BCUT2D eigenvalue weighted by atomic mass is 10.2. The van der Waals surface area contributed by atoms with Crippen LogP contribution in [0.4, 0.5) is 4.79 Å². The van der Waals surface area contributed by atoms with E-state index in [1.165, 1.54) is 0 Å². The molecule has 0 aromatic heterocycles. The third-order valence-electron chi connectivity index (χ3n) is 3.12. The highest BCUT2D eigenvalue weighted by Gasteiger charge is 2.22. The Balaban J connectivity index is 1.67. The van der Waals surface area contributed by atoms with E-state index in [2.05, 4.69) is 27.9 Å². The first-order chi connectivity index (χ1) is 7.24. The predicted octanol–water partition coefficient (Wildman–Crippen LogP) is -0.648. The molecule has 0 aliphatic carbocycles. The van der Waals surface area contributed by atoms with Gasteiger partial charge in [0.2, 0.25) is 0 Å². The maximum absolute atomic E-state index is 11.6. The maximum Gasteiger partial charge on any atom is 0.315 e. The van der Waals surface area contributed by atoms with Crippen molar-refractivity contribution in [3.8, 4) is 0 Å². The van der Waals surface area contributed by atoms with Crippen LogP contribution in [0.15, 0.2) is 0 Å². The van der Waals surface area contributed by atoms with Crippen LogP contribution in [0.25, 0.3) is 0 Å². The summed E-state index contributed by atoms with van der Waals surface area (Å²) < 4.78 is 0. The SMILES string of the molecule is CN1CC[C@@H](NC(=O)NC2CCNC2)C1. The summed E-state index contributed by atoms with van der Waals surface area (Å²) in [5.74, 6) is 0. The number of carbonyl (C=O) groups excluding carboxylic acids is 1. The molecule has 0 aromatic carbocycles. The van der Waals surface area contributed by atoms with Gasteiger partial charge in [0, 0.05) is 25.2 Å². The number of likely N-dealkylation sites (tertiary alicyclic amines) is 1. The number of likely N-dealkylation sites (N-methyl/N-ethyl adjacent to an activating group) is 1. The Hall–Kier alpha value is -0.810. The highest BCUT2D eigenvalue weighted by atomic mass is 16.2. The predicted molar refractivity (Wildman–Crippen MR) is 58.8 cm³/mol. The lowest BCUT2D eigenvalue weighted by Crippen LogP contribution is -2.47. The molecule has 15 heavy (non-hydrogen) atoms. The number of hydrogen-bond donors (Lipinski definition) is 3. The van der Waals surface area contributed by atoms with E-state index < -0.39 is 0 Å². The first-order valence-electron chi connectivity index (χ1n) is 5.70. The van der Waals surface area contributed by atoms with Crippen molar-refractivity contribution >= 4 is 6.03 Å². The molecule has 0 radical (unpaired) electrons. The average Bonchev–Trinajstić information content (AvgIpc) is 2.77. The monoisotopic (exact) mass is 212 g/mol. The molecule has 2 rings (SSSR count). The van der Waals surface area contributed by atoms with E-state index in [1.807, 2.05) is 0 Å². The number of rotatable bonds is 2. The molecule has 2 amide bonds. The van der Waals surface area contributed by atoms with E-state index in [4.69, 9.17) is 0 Å². The van der Waals surface area contributed by atoms with Gasteiger partial charge in [-0.2, -0.15) is 0 Å². The molecular formula is C10H20N4O. The van der Waals surface area contributed by atoms with Crippen LogP contribution >= 0.6 is 0 Å². The fourth-order valence-corrected chi connectivity index (χ4v) is 2.24. The molecule has 5 heteroatoms. The number of nitrogens with zero attached hydrogens (tertiary/aromatic N) is 1. The van der Waals surface area contributed by atoms with Gasteiger partial charge in [-0.15, -0.1) is 0 Å². The van der Waals surface area contributed by atoms with Gasteiger partial charge in [0.25, 0.3) is 0 Å². The number of urea groups is 1. The van der Waals surface area contributed by atoms with Crippen molar-refractivity contribution in [2.24, 2.45) is 0 Å². The van der Waals surface area contributed by atoms with Gasteiger partial charge in [-0.05, 0) is 33.0 Å². The van der Waals surface area contributed by atoms with Crippen LogP contribution in [0.2, 0.25) is 0 Å². The molecule has 86 valence electrons. The fourth-order valence-electron chi connectivity index (χ4n) is 2.24. The molecule has 3 N–H and O–H groups in total. The average molecular weight is 212 g/mol. The molecule has 0 saturated carbocycles. The van der Waals surface area contributed by atoms with Gasteiger partial charge in [0.15, 0.2) is 0 Å². The molecule has 0 bridgehead atoms. The van der Waals surface area contributed by atoms with Crippen LogP contribution in [0, 0.1) is 0 Å². The normalized spacial score (nSPS) is 31.8. The molecule has 2 atom stereocenters. The highest BCUT2D eigenvalue weighted by molar-refractivity contribution is 5.74. The van der Waals surface area contributed by atoms with E-state index in [0.29, 0.717) is 12.1 Å². The summed E-state index contributed by atoms with van der Waals surface area (Å²) in [6, 6.07) is 0.623. The zero-order valence-corrected chi connectivity index (χ0v) is 9.25. The second-order valence-electron chi connectivity index (χ2n) is 4.56. The van der Waals surface area contributed by atoms with Crippen molar-refractivity contribution in [2.75, 3.05) is 33.2 Å². The quantitative estimate of drug-likeness (QED) is 0.570. The molecule has 2 heterocycles. The van der Waals surface area contributed by atoms with E-state index in [0.717, 1.165) is 39.0 Å². The summed E-state index contributed by atoms with van der Waals surface area (Å²) in [6.07, 6.45) is 2.10. The van der Waals surface area contributed by atoms with Crippen LogP contribution in [0.1, 0.15) is 12.8 Å². The Morgan fingerprint density at radius 1 is 1.33 bits per heavy atom. The summed E-state index contributed by atoms with van der Waals surface area (Å²) >= 11 is 0. The van der Waals surface area contributed by atoms with E-state index in [-0.39, 0.29) is 6.03 Å². The molecule has 2 aliphatic rings. The smallest absolute Gasteiger partial charge is 0.315 e. The van der Waals surface area contributed by atoms with Crippen LogP contribution in [-0.2, 0) is 0 Å². The van der Waals surface area contributed by atoms with Gasteiger partial charge in [-0.25, -0.2) is 4.79 Å². The van der Waals surface area contributed by atoms with Gasteiger partial charge < -0.3 is 20.9 Å². The minimum Gasteiger partial charge on any atom is -0.334 e. The first kappa shape index (κ1) is 10.7. The van der Waals surface area contributed by atoms with E-state index in [1.54, 1.807) is 0 Å². The highest BCUT2D eigenvalue weighted by Crippen LogP contribution is 2.05. The van der Waals surface area contributed by atoms with Gasteiger partial charge in [0.1, 0.15) is 0 Å². The summed E-state index contributed by atoms with van der Waals surface area (Å²) in [4.78, 5) is 13.8. The molecule has 2 saturated heterocycles.